The smallest absolute Gasteiger partial charge is 0.126 e. The summed E-state index contributed by atoms with van der Waals surface area (Å²) in [5, 5.41) is 0. The first-order valence-corrected chi connectivity index (χ1v) is 6.68. The molecule has 0 atom stereocenters. The summed E-state index contributed by atoms with van der Waals surface area (Å²) in [7, 11) is 1.70. The Hall–Kier alpha value is -1.81. The van der Waals surface area contributed by atoms with Crippen LogP contribution in [0, 0.1) is 0 Å². The van der Waals surface area contributed by atoms with Crippen LogP contribution in [0.5, 0.6) is 5.75 Å². The summed E-state index contributed by atoms with van der Waals surface area (Å²) in [6.45, 7) is 2.12. The molecule has 0 spiro atoms. The number of aryl methyl sites for hydroxylation is 1. The molecule has 1 fully saturated rings. The molecule has 1 heterocycles. The fourth-order valence-electron chi connectivity index (χ4n) is 2.31. The summed E-state index contributed by atoms with van der Waals surface area (Å²) in [5.41, 5.74) is 9.28. The average molecular weight is 257 g/mol. The van der Waals surface area contributed by atoms with Crippen molar-refractivity contribution in [2.24, 2.45) is 5.73 Å². The van der Waals surface area contributed by atoms with Crippen LogP contribution in [0.1, 0.15) is 31.2 Å². The number of nitrogens with zero attached hydrogens (tertiary/aromatic N) is 1. The Bertz CT molecular complexity index is 599. The Balaban J connectivity index is 1.95. The second-order valence-corrected chi connectivity index (χ2v) is 5.18. The molecule has 0 bridgehead atoms. The summed E-state index contributed by atoms with van der Waals surface area (Å²) in [5.74, 6) is 1.83. The molecule has 2 aromatic rings. The first-order valence-electron chi connectivity index (χ1n) is 6.68. The number of H-pyrrole nitrogens is 1. The van der Waals surface area contributed by atoms with E-state index in [9.17, 15) is 0 Å². The standard InChI is InChI=1S/C15H19N3O/c1-3-10-8-11(4-5-13(10)19-2)12-9-17-14(18-12)15(16)6-7-15/h4-5,8-9H,3,6-7,16H2,1-2H3,(H,17,18). The minimum atomic E-state index is -0.210. The van der Waals surface area contributed by atoms with E-state index in [4.69, 9.17) is 10.5 Å². The van der Waals surface area contributed by atoms with E-state index in [-0.39, 0.29) is 5.54 Å². The molecule has 0 aliphatic heterocycles. The van der Waals surface area contributed by atoms with E-state index in [1.165, 1.54) is 5.56 Å². The number of ether oxygens (including phenoxy) is 1. The highest BCUT2D eigenvalue weighted by molar-refractivity contribution is 5.62. The number of aromatic nitrogens is 2. The quantitative estimate of drug-likeness (QED) is 0.885. The molecule has 0 unspecified atom stereocenters. The van der Waals surface area contributed by atoms with Crippen LogP contribution in [0.15, 0.2) is 24.4 Å². The Morgan fingerprint density at radius 3 is 2.84 bits per heavy atom. The molecule has 100 valence electrons. The molecular formula is C15H19N3O. The zero-order valence-corrected chi connectivity index (χ0v) is 11.4. The third kappa shape index (κ3) is 2.12. The number of hydrogen-bond donors (Lipinski definition) is 2. The number of rotatable bonds is 4. The first-order chi connectivity index (χ1) is 9.16. The second kappa shape index (κ2) is 4.38. The number of imidazole rings is 1. The predicted molar refractivity (Wildman–Crippen MR) is 75.1 cm³/mol. The van der Waals surface area contributed by atoms with Gasteiger partial charge in [0.1, 0.15) is 11.6 Å². The van der Waals surface area contributed by atoms with Crippen molar-refractivity contribution in [2.45, 2.75) is 31.7 Å². The van der Waals surface area contributed by atoms with Gasteiger partial charge in [-0.3, -0.25) is 0 Å². The SMILES string of the molecule is CCc1cc(-c2cnc(C3(N)CC3)[nH]2)ccc1OC. The lowest BCUT2D eigenvalue weighted by Gasteiger charge is -2.08. The van der Waals surface area contributed by atoms with Crippen molar-refractivity contribution in [3.8, 4) is 17.0 Å². The molecule has 19 heavy (non-hydrogen) atoms. The average Bonchev–Trinajstić information content (AvgIpc) is 3.00. The minimum Gasteiger partial charge on any atom is -0.496 e. The van der Waals surface area contributed by atoms with Crippen LogP contribution in [-0.2, 0) is 12.0 Å². The van der Waals surface area contributed by atoms with Crippen LogP contribution in [0.2, 0.25) is 0 Å². The van der Waals surface area contributed by atoms with Crippen LogP contribution < -0.4 is 10.5 Å². The zero-order valence-electron chi connectivity index (χ0n) is 11.4. The van der Waals surface area contributed by atoms with E-state index >= 15 is 0 Å². The van der Waals surface area contributed by atoms with Crippen LogP contribution in [0.25, 0.3) is 11.3 Å². The molecule has 1 aromatic carbocycles. The Morgan fingerprint density at radius 2 is 2.21 bits per heavy atom. The first kappa shape index (κ1) is 12.2. The van der Waals surface area contributed by atoms with Crippen molar-refractivity contribution in [3.63, 3.8) is 0 Å². The van der Waals surface area contributed by atoms with E-state index in [2.05, 4.69) is 23.0 Å². The van der Waals surface area contributed by atoms with Gasteiger partial charge >= 0.3 is 0 Å². The van der Waals surface area contributed by atoms with Gasteiger partial charge in [-0.15, -0.1) is 0 Å². The minimum absolute atomic E-state index is 0.210. The largest absolute Gasteiger partial charge is 0.496 e. The van der Waals surface area contributed by atoms with Gasteiger partial charge in [-0.2, -0.15) is 0 Å². The fourth-order valence-corrected chi connectivity index (χ4v) is 2.31. The molecule has 3 rings (SSSR count). The zero-order chi connectivity index (χ0) is 13.5. The maximum atomic E-state index is 6.15. The fraction of sp³-hybridized carbons (Fsp3) is 0.400. The highest BCUT2D eigenvalue weighted by Gasteiger charge is 2.42. The lowest BCUT2D eigenvalue weighted by molar-refractivity contribution is 0.410. The highest BCUT2D eigenvalue weighted by Crippen LogP contribution is 2.41. The maximum Gasteiger partial charge on any atom is 0.126 e. The van der Waals surface area contributed by atoms with Gasteiger partial charge in [0.15, 0.2) is 0 Å². The van der Waals surface area contributed by atoms with Gasteiger partial charge < -0.3 is 15.5 Å². The van der Waals surface area contributed by atoms with Crippen LogP contribution >= 0.6 is 0 Å². The van der Waals surface area contributed by atoms with E-state index in [0.29, 0.717) is 0 Å². The van der Waals surface area contributed by atoms with Crippen molar-refractivity contribution in [1.29, 1.82) is 0 Å². The normalized spacial score (nSPS) is 16.4. The van der Waals surface area contributed by atoms with Crippen LogP contribution in [0.3, 0.4) is 0 Å². The van der Waals surface area contributed by atoms with Crippen molar-refractivity contribution in [3.05, 3.63) is 35.8 Å². The lowest BCUT2D eigenvalue weighted by atomic mass is 10.1. The lowest BCUT2D eigenvalue weighted by Crippen LogP contribution is -2.20. The van der Waals surface area contributed by atoms with Crippen molar-refractivity contribution >= 4 is 0 Å². The molecule has 4 heteroatoms. The Morgan fingerprint density at radius 1 is 1.42 bits per heavy atom. The van der Waals surface area contributed by atoms with E-state index in [0.717, 1.165) is 42.1 Å². The number of nitrogens with two attached hydrogens (primary N) is 1. The molecule has 1 aromatic heterocycles. The predicted octanol–water partition coefficient (Wildman–Crippen LogP) is 2.60. The molecular weight excluding hydrogens is 238 g/mol. The van der Waals surface area contributed by atoms with Gasteiger partial charge in [0.25, 0.3) is 0 Å². The number of nitrogens with one attached hydrogen (secondary N) is 1. The van der Waals surface area contributed by atoms with Crippen LogP contribution in [-0.4, -0.2) is 17.1 Å². The van der Waals surface area contributed by atoms with Gasteiger partial charge in [-0.05, 0) is 43.0 Å². The topological polar surface area (TPSA) is 63.9 Å². The Labute approximate surface area is 113 Å². The third-order valence-corrected chi connectivity index (χ3v) is 3.81. The highest BCUT2D eigenvalue weighted by atomic mass is 16.5. The van der Waals surface area contributed by atoms with Gasteiger partial charge in [0.2, 0.25) is 0 Å². The molecule has 0 saturated heterocycles. The molecule has 1 aliphatic rings. The summed E-state index contributed by atoms with van der Waals surface area (Å²) in [4.78, 5) is 7.76. The van der Waals surface area contributed by atoms with E-state index in [1.54, 1.807) is 7.11 Å². The second-order valence-electron chi connectivity index (χ2n) is 5.18. The monoisotopic (exact) mass is 257 g/mol. The van der Waals surface area contributed by atoms with Gasteiger partial charge in [0, 0.05) is 5.56 Å². The Kier molecular flexibility index (Phi) is 2.82. The van der Waals surface area contributed by atoms with E-state index < -0.39 is 0 Å². The molecule has 3 N–H and O–H groups in total. The van der Waals surface area contributed by atoms with Gasteiger partial charge in [-0.1, -0.05) is 6.92 Å². The molecule has 1 aliphatic carbocycles. The molecule has 0 radical (unpaired) electrons. The summed E-state index contributed by atoms with van der Waals surface area (Å²) < 4.78 is 5.35. The van der Waals surface area contributed by atoms with Crippen molar-refractivity contribution in [1.82, 2.24) is 9.97 Å². The number of aromatic amines is 1. The number of methoxy groups -OCH3 is 1. The summed E-state index contributed by atoms with van der Waals surface area (Å²) >= 11 is 0. The maximum absolute atomic E-state index is 6.15. The molecule has 4 nitrogen and oxygen atoms in total. The molecule has 1 saturated carbocycles. The van der Waals surface area contributed by atoms with Crippen molar-refractivity contribution < 1.29 is 4.74 Å². The van der Waals surface area contributed by atoms with Crippen molar-refractivity contribution in [2.75, 3.05) is 7.11 Å². The van der Waals surface area contributed by atoms with Gasteiger partial charge in [0.05, 0.1) is 24.5 Å². The third-order valence-electron chi connectivity index (χ3n) is 3.81. The van der Waals surface area contributed by atoms with Crippen LogP contribution in [0.4, 0.5) is 0 Å². The number of hydrogen-bond acceptors (Lipinski definition) is 3. The summed E-state index contributed by atoms with van der Waals surface area (Å²) in [6.07, 6.45) is 4.84. The summed E-state index contributed by atoms with van der Waals surface area (Å²) in [6, 6.07) is 6.20. The molecule has 0 amide bonds. The van der Waals surface area contributed by atoms with Gasteiger partial charge in [-0.25, -0.2) is 4.98 Å². The number of benzene rings is 1. The van der Waals surface area contributed by atoms with E-state index in [1.807, 2.05) is 18.3 Å².